The maximum atomic E-state index is 12.9. The first-order valence-electron chi connectivity index (χ1n) is 11.6. The van der Waals surface area contributed by atoms with E-state index in [0.717, 1.165) is 58.6 Å². The van der Waals surface area contributed by atoms with Crippen LogP contribution in [0.2, 0.25) is 0 Å². The minimum absolute atomic E-state index is 0.0679. The molecule has 5 rings (SSSR count). The van der Waals surface area contributed by atoms with Gasteiger partial charge in [-0.25, -0.2) is 15.0 Å². The summed E-state index contributed by atoms with van der Waals surface area (Å²) in [4.78, 5) is 28.9. The van der Waals surface area contributed by atoms with Crippen molar-refractivity contribution >= 4 is 45.2 Å². The minimum atomic E-state index is -0.0679. The van der Waals surface area contributed by atoms with Crippen molar-refractivity contribution in [2.75, 3.05) is 43.5 Å². The highest BCUT2D eigenvalue weighted by molar-refractivity contribution is 6.02. The van der Waals surface area contributed by atoms with Crippen LogP contribution in [-0.2, 0) is 16.1 Å². The first-order valence-corrected chi connectivity index (χ1v) is 11.6. The Bertz CT molecular complexity index is 1360. The van der Waals surface area contributed by atoms with Crippen LogP contribution >= 0.6 is 0 Å². The first kappa shape index (κ1) is 22.2. The number of nitrogens with one attached hydrogen (secondary N) is 2. The smallest absolute Gasteiger partial charge is 0.238 e. The highest BCUT2D eigenvalue weighted by Crippen LogP contribution is 2.30. The molecule has 1 fully saturated rings. The number of aromatic nitrogens is 4. The number of para-hydroxylation sites is 1. The fourth-order valence-electron chi connectivity index (χ4n) is 4.45. The van der Waals surface area contributed by atoms with Crippen LogP contribution in [0.15, 0.2) is 36.5 Å². The second-order valence-electron chi connectivity index (χ2n) is 8.56. The Balaban J connectivity index is 1.48. The number of imidazole rings is 1. The zero-order chi connectivity index (χ0) is 23.7. The van der Waals surface area contributed by atoms with E-state index in [1.165, 1.54) is 0 Å². The molecule has 3 heterocycles. The van der Waals surface area contributed by atoms with Crippen LogP contribution in [0, 0.1) is 13.8 Å². The van der Waals surface area contributed by atoms with Crippen LogP contribution in [-0.4, -0.2) is 63.2 Å². The Morgan fingerprint density at radius 2 is 1.94 bits per heavy atom. The predicted molar refractivity (Wildman–Crippen MR) is 134 cm³/mol. The van der Waals surface area contributed by atoms with E-state index in [4.69, 9.17) is 14.7 Å². The largest absolute Gasteiger partial charge is 0.379 e. The van der Waals surface area contributed by atoms with E-state index in [1.54, 1.807) is 0 Å². The fraction of sp³-hybridized carbons (Fsp3) is 0.360. The summed E-state index contributed by atoms with van der Waals surface area (Å²) in [5.74, 6) is 1.34. The summed E-state index contributed by atoms with van der Waals surface area (Å²) in [6.45, 7) is 10.0. The number of hydrogen-bond donors (Lipinski definition) is 2. The summed E-state index contributed by atoms with van der Waals surface area (Å²) >= 11 is 0. The Morgan fingerprint density at radius 1 is 1.12 bits per heavy atom. The Morgan fingerprint density at radius 3 is 2.74 bits per heavy atom. The van der Waals surface area contributed by atoms with E-state index in [0.29, 0.717) is 31.4 Å². The van der Waals surface area contributed by atoms with E-state index in [1.807, 2.05) is 50.4 Å². The third kappa shape index (κ3) is 4.44. The van der Waals surface area contributed by atoms with Gasteiger partial charge in [0.2, 0.25) is 11.9 Å². The molecule has 2 aromatic carbocycles. The van der Waals surface area contributed by atoms with Gasteiger partial charge in [-0.1, -0.05) is 18.2 Å². The molecule has 1 saturated heterocycles. The number of anilines is 3. The predicted octanol–water partition coefficient (Wildman–Crippen LogP) is 3.63. The molecule has 0 bridgehead atoms. The van der Waals surface area contributed by atoms with E-state index >= 15 is 0 Å². The number of nitrogens with zero attached hydrogens (tertiary/aromatic N) is 5. The fourth-order valence-corrected chi connectivity index (χ4v) is 4.45. The molecule has 0 spiro atoms. The molecule has 9 nitrogen and oxygen atoms in total. The van der Waals surface area contributed by atoms with Gasteiger partial charge in [-0.15, -0.1) is 0 Å². The van der Waals surface area contributed by atoms with E-state index in [9.17, 15) is 4.79 Å². The van der Waals surface area contributed by atoms with Crippen molar-refractivity contribution in [2.24, 2.45) is 0 Å². The Labute approximate surface area is 198 Å². The van der Waals surface area contributed by atoms with Crippen LogP contribution in [0.5, 0.6) is 0 Å². The molecule has 0 unspecified atom stereocenters. The number of carbonyl (C=O) groups excluding carboxylic acids is 1. The van der Waals surface area contributed by atoms with Gasteiger partial charge in [-0.3, -0.25) is 9.69 Å². The summed E-state index contributed by atoms with van der Waals surface area (Å²) in [5, 5.41) is 7.41. The number of fused-ring (bicyclic) bond motifs is 2. The third-order valence-electron chi connectivity index (χ3n) is 6.17. The van der Waals surface area contributed by atoms with E-state index < -0.39 is 0 Å². The van der Waals surface area contributed by atoms with Gasteiger partial charge in [0.05, 0.1) is 36.5 Å². The summed E-state index contributed by atoms with van der Waals surface area (Å²) in [6, 6.07) is 9.97. The van der Waals surface area contributed by atoms with Gasteiger partial charge in [-0.2, -0.15) is 0 Å². The van der Waals surface area contributed by atoms with E-state index in [-0.39, 0.29) is 5.91 Å². The lowest BCUT2D eigenvalue weighted by Gasteiger charge is -2.25. The molecule has 9 heteroatoms. The van der Waals surface area contributed by atoms with Gasteiger partial charge < -0.3 is 19.9 Å². The van der Waals surface area contributed by atoms with Gasteiger partial charge in [0.15, 0.2) is 0 Å². The summed E-state index contributed by atoms with van der Waals surface area (Å²) < 4.78 is 7.51. The van der Waals surface area contributed by atoms with Crippen molar-refractivity contribution in [1.29, 1.82) is 0 Å². The normalized spacial score (nSPS) is 14.6. The van der Waals surface area contributed by atoms with Crippen LogP contribution in [0.3, 0.4) is 0 Å². The molecular formula is C25H29N7O2. The minimum Gasteiger partial charge on any atom is -0.379 e. The molecule has 34 heavy (non-hydrogen) atoms. The maximum absolute atomic E-state index is 12.9. The van der Waals surface area contributed by atoms with Crippen molar-refractivity contribution in [3.63, 3.8) is 0 Å². The molecule has 0 saturated carbocycles. The quantitative estimate of drug-likeness (QED) is 0.454. The van der Waals surface area contributed by atoms with E-state index in [2.05, 4.69) is 32.0 Å². The maximum Gasteiger partial charge on any atom is 0.238 e. The van der Waals surface area contributed by atoms with Gasteiger partial charge in [0.25, 0.3) is 0 Å². The van der Waals surface area contributed by atoms with Crippen LogP contribution in [0.4, 0.5) is 17.3 Å². The number of carbonyl (C=O) groups is 1. The number of aryl methyl sites for hydroxylation is 3. The lowest BCUT2D eigenvalue weighted by atomic mass is 10.1. The number of ether oxygens (including phenoxy) is 1. The highest BCUT2D eigenvalue weighted by Gasteiger charge is 2.18. The monoisotopic (exact) mass is 459 g/mol. The van der Waals surface area contributed by atoms with Gasteiger partial charge >= 0.3 is 0 Å². The van der Waals surface area contributed by atoms with Crippen molar-refractivity contribution in [1.82, 2.24) is 24.4 Å². The molecule has 4 aromatic rings. The van der Waals surface area contributed by atoms with Crippen molar-refractivity contribution < 1.29 is 9.53 Å². The summed E-state index contributed by atoms with van der Waals surface area (Å²) in [5.41, 5.74) is 5.19. The molecule has 1 aliphatic rings. The average Bonchev–Trinajstić information content (AvgIpc) is 3.15. The third-order valence-corrected chi connectivity index (χ3v) is 6.17. The SMILES string of the molecule is CCn1c(C)nc2c(NC(=O)CN3CCOCC3)cc(Nc3ncc4cccc(C)c4n3)cc21. The van der Waals surface area contributed by atoms with Crippen molar-refractivity contribution in [2.45, 2.75) is 27.3 Å². The molecule has 2 N–H and O–H groups in total. The van der Waals surface area contributed by atoms with Crippen molar-refractivity contribution in [3.05, 3.63) is 47.9 Å². The second kappa shape index (κ2) is 9.36. The number of morpholine rings is 1. The average molecular weight is 460 g/mol. The number of amides is 1. The van der Waals surface area contributed by atoms with Gasteiger partial charge in [-0.05, 0) is 38.5 Å². The zero-order valence-corrected chi connectivity index (χ0v) is 19.8. The molecule has 1 aliphatic heterocycles. The molecule has 176 valence electrons. The molecule has 0 aliphatic carbocycles. The van der Waals surface area contributed by atoms with Crippen LogP contribution < -0.4 is 10.6 Å². The van der Waals surface area contributed by atoms with Crippen molar-refractivity contribution in [3.8, 4) is 0 Å². The van der Waals surface area contributed by atoms with Gasteiger partial charge in [0.1, 0.15) is 11.3 Å². The molecular weight excluding hydrogens is 430 g/mol. The molecule has 0 radical (unpaired) electrons. The summed E-state index contributed by atoms with van der Waals surface area (Å²) in [6.07, 6.45) is 1.82. The lowest BCUT2D eigenvalue weighted by Crippen LogP contribution is -2.41. The van der Waals surface area contributed by atoms with Crippen LogP contribution in [0.25, 0.3) is 21.9 Å². The zero-order valence-electron chi connectivity index (χ0n) is 19.8. The topological polar surface area (TPSA) is 97.2 Å². The number of rotatable bonds is 6. The Hall–Kier alpha value is -3.56. The standard InChI is InChI=1S/C25H29N7O2/c1-4-32-17(3)27-24-20(29-22(33)15-31-8-10-34-11-9-31)12-19(13-21(24)32)28-25-26-14-18-7-5-6-16(2)23(18)30-25/h5-7,12-14H,4,8-11,15H2,1-3H3,(H,29,33)(H,26,28,30). The number of benzene rings is 2. The second-order valence-corrected chi connectivity index (χ2v) is 8.56. The summed E-state index contributed by atoms with van der Waals surface area (Å²) in [7, 11) is 0. The Kier molecular flexibility index (Phi) is 6.12. The molecule has 0 atom stereocenters. The molecule has 2 aromatic heterocycles. The number of hydrogen-bond acceptors (Lipinski definition) is 7. The first-order chi connectivity index (χ1) is 16.5. The lowest BCUT2D eigenvalue weighted by molar-refractivity contribution is -0.118. The van der Waals surface area contributed by atoms with Crippen LogP contribution in [0.1, 0.15) is 18.3 Å². The van der Waals surface area contributed by atoms with Gasteiger partial charge in [0, 0.05) is 36.9 Å². The highest BCUT2D eigenvalue weighted by atomic mass is 16.5. The molecule has 1 amide bonds.